The Hall–Kier alpha value is -4.10. The van der Waals surface area contributed by atoms with Crippen molar-refractivity contribution in [2.24, 2.45) is 0 Å². The summed E-state index contributed by atoms with van der Waals surface area (Å²) in [6.07, 6.45) is -2.87. The molecular formula is C36H36F3NO3. The van der Waals surface area contributed by atoms with Crippen LogP contribution in [-0.4, -0.2) is 34.8 Å². The van der Waals surface area contributed by atoms with Gasteiger partial charge in [0.25, 0.3) is 0 Å². The lowest BCUT2D eigenvalue weighted by Crippen LogP contribution is -2.32. The smallest absolute Gasteiger partial charge is 0.448 e. The summed E-state index contributed by atoms with van der Waals surface area (Å²) in [7, 11) is 0. The number of aliphatic carboxylic acids is 1. The van der Waals surface area contributed by atoms with E-state index in [1.807, 2.05) is 60.7 Å². The molecule has 0 fully saturated rings. The van der Waals surface area contributed by atoms with E-state index >= 15 is 0 Å². The van der Waals surface area contributed by atoms with Crippen LogP contribution in [0.2, 0.25) is 0 Å². The Bertz CT molecular complexity index is 1640. The van der Waals surface area contributed by atoms with E-state index in [1.54, 1.807) is 13.8 Å². The van der Waals surface area contributed by atoms with Crippen LogP contribution in [0.15, 0.2) is 96.8 Å². The fraction of sp³-hybridized carbons (Fsp3) is 0.306. The maximum atomic E-state index is 13.3. The zero-order valence-electron chi connectivity index (χ0n) is 24.6. The molecule has 4 nitrogen and oxygen atoms in total. The van der Waals surface area contributed by atoms with Crippen molar-refractivity contribution in [3.63, 3.8) is 0 Å². The van der Waals surface area contributed by atoms with Crippen LogP contribution in [0, 0.1) is 0 Å². The van der Waals surface area contributed by atoms with Gasteiger partial charge < -0.3 is 9.84 Å². The molecule has 0 saturated carbocycles. The number of rotatable bonds is 10. The molecule has 1 aliphatic heterocycles. The lowest BCUT2D eigenvalue weighted by molar-refractivity contribution is -0.142. The highest BCUT2D eigenvalue weighted by molar-refractivity contribution is 5.86. The van der Waals surface area contributed by atoms with Crippen LogP contribution in [0.3, 0.4) is 0 Å². The van der Waals surface area contributed by atoms with E-state index in [1.165, 1.54) is 11.1 Å². The molecule has 4 aromatic rings. The normalized spacial score (nSPS) is 15.5. The number of allylic oxidation sites excluding steroid dienone is 1. The van der Waals surface area contributed by atoms with Crippen LogP contribution < -0.4 is 0 Å². The molecule has 0 aromatic heterocycles. The van der Waals surface area contributed by atoms with Crippen LogP contribution in [0.25, 0.3) is 21.9 Å². The summed E-state index contributed by atoms with van der Waals surface area (Å²) in [5.41, 5.74) is 4.99. The third-order valence-corrected chi connectivity index (χ3v) is 8.31. The number of hydrogen-bond acceptors (Lipinski definition) is 3. The van der Waals surface area contributed by atoms with E-state index in [4.69, 9.17) is 4.74 Å². The van der Waals surface area contributed by atoms with Crippen LogP contribution in [0.4, 0.5) is 13.2 Å². The van der Waals surface area contributed by atoms with Gasteiger partial charge in [-0.05, 0) is 70.5 Å². The number of alkyl halides is 3. The minimum atomic E-state index is -4.49. The van der Waals surface area contributed by atoms with Crippen LogP contribution >= 0.6 is 0 Å². The number of aryl methyl sites for hydroxylation is 1. The van der Waals surface area contributed by atoms with Crippen molar-refractivity contribution in [1.82, 2.24) is 4.90 Å². The summed E-state index contributed by atoms with van der Waals surface area (Å²) >= 11 is 0. The van der Waals surface area contributed by atoms with E-state index < -0.39 is 29.4 Å². The summed E-state index contributed by atoms with van der Waals surface area (Å²) in [6, 6.07) is 28.1. The molecule has 1 aliphatic rings. The summed E-state index contributed by atoms with van der Waals surface area (Å²) in [4.78, 5) is 13.9. The van der Waals surface area contributed by atoms with Crippen LogP contribution in [0.1, 0.15) is 49.4 Å². The van der Waals surface area contributed by atoms with Gasteiger partial charge in [-0.3, -0.25) is 9.69 Å². The number of ether oxygens (including phenoxy) is 1. The number of carboxylic acids is 1. The van der Waals surface area contributed by atoms with E-state index in [9.17, 15) is 23.1 Å². The monoisotopic (exact) mass is 587 g/mol. The summed E-state index contributed by atoms with van der Waals surface area (Å²) in [6.45, 7) is 6.93. The van der Waals surface area contributed by atoms with E-state index in [0.717, 1.165) is 45.5 Å². The molecule has 1 atom stereocenters. The minimum Gasteiger partial charge on any atom is -0.484 e. The fourth-order valence-corrected chi connectivity index (χ4v) is 5.68. The predicted octanol–water partition coefficient (Wildman–Crippen LogP) is 8.67. The molecule has 0 saturated heterocycles. The van der Waals surface area contributed by atoms with Crippen molar-refractivity contribution < 1.29 is 27.8 Å². The molecule has 5 rings (SSSR count). The van der Waals surface area contributed by atoms with Crippen LogP contribution in [0.5, 0.6) is 0 Å². The van der Waals surface area contributed by atoms with Crippen molar-refractivity contribution in [3.8, 4) is 11.1 Å². The van der Waals surface area contributed by atoms with E-state index in [0.29, 0.717) is 19.6 Å². The largest absolute Gasteiger partial charge is 0.484 e. The lowest BCUT2D eigenvalue weighted by Gasteiger charge is -2.28. The molecule has 0 radical (unpaired) electrons. The molecule has 0 bridgehead atoms. The Balaban J connectivity index is 1.41. The zero-order chi connectivity index (χ0) is 30.8. The number of halogens is 3. The van der Waals surface area contributed by atoms with Gasteiger partial charge in [0, 0.05) is 26.1 Å². The second-order valence-corrected chi connectivity index (χ2v) is 11.7. The third kappa shape index (κ3) is 6.78. The molecule has 7 heteroatoms. The molecule has 4 aromatic carbocycles. The highest BCUT2D eigenvalue weighted by atomic mass is 19.4. The second kappa shape index (κ2) is 12.3. The number of nitrogens with zero attached hydrogens (tertiary/aromatic N) is 1. The van der Waals surface area contributed by atoms with Crippen molar-refractivity contribution in [3.05, 3.63) is 119 Å². The molecule has 43 heavy (non-hydrogen) atoms. The van der Waals surface area contributed by atoms with Crippen LogP contribution in [-0.2, 0) is 34.5 Å². The standard InChI is InChI=1S/C36H36F3NO3/c1-4-25-16-17-27-8-5-6-11-31(27)32(25)23-40(22-30-18-19-33(43-30)36(37,38)39)21-24-12-14-26(15-13-24)28-9-7-10-29(20-28)35(2,3)34(41)42/h5-17,19-20,30H,4,18,21-23H2,1-3H3,(H,41,42). The van der Waals surface area contributed by atoms with Crippen molar-refractivity contribution in [2.45, 2.75) is 64.4 Å². The molecular weight excluding hydrogens is 551 g/mol. The first-order chi connectivity index (χ1) is 20.5. The molecule has 0 spiro atoms. The molecule has 224 valence electrons. The molecule has 1 unspecified atom stereocenters. The van der Waals surface area contributed by atoms with Gasteiger partial charge in [0.05, 0.1) is 5.41 Å². The number of carbonyl (C=O) groups is 1. The van der Waals surface area contributed by atoms with Gasteiger partial charge in [0.2, 0.25) is 0 Å². The van der Waals surface area contributed by atoms with Crippen molar-refractivity contribution in [1.29, 1.82) is 0 Å². The van der Waals surface area contributed by atoms with E-state index in [2.05, 4.69) is 36.1 Å². The average Bonchev–Trinajstić information content (AvgIpc) is 3.47. The van der Waals surface area contributed by atoms with Gasteiger partial charge in [0.1, 0.15) is 6.10 Å². The summed E-state index contributed by atoms with van der Waals surface area (Å²) in [5, 5.41) is 11.9. The molecule has 1 N–H and O–H groups in total. The van der Waals surface area contributed by atoms with Gasteiger partial charge in [-0.25, -0.2) is 0 Å². The number of hydrogen-bond donors (Lipinski definition) is 1. The van der Waals surface area contributed by atoms with Gasteiger partial charge in [-0.2, -0.15) is 13.2 Å². The first-order valence-electron chi connectivity index (χ1n) is 14.5. The summed E-state index contributed by atoms with van der Waals surface area (Å²) in [5.74, 6) is -1.80. The third-order valence-electron chi connectivity index (χ3n) is 8.31. The van der Waals surface area contributed by atoms with Gasteiger partial charge in [0.15, 0.2) is 5.76 Å². The Morgan fingerprint density at radius 2 is 1.67 bits per heavy atom. The minimum absolute atomic E-state index is 0.212. The van der Waals surface area contributed by atoms with Gasteiger partial charge >= 0.3 is 12.1 Å². The average molecular weight is 588 g/mol. The first-order valence-corrected chi connectivity index (χ1v) is 14.5. The van der Waals surface area contributed by atoms with Crippen molar-refractivity contribution in [2.75, 3.05) is 6.54 Å². The lowest BCUT2D eigenvalue weighted by atomic mass is 9.83. The number of carboxylic acid groups (broad SMARTS) is 1. The maximum absolute atomic E-state index is 13.3. The molecule has 0 amide bonds. The molecule has 1 heterocycles. The predicted molar refractivity (Wildman–Crippen MR) is 164 cm³/mol. The second-order valence-electron chi connectivity index (χ2n) is 11.7. The molecule has 0 aliphatic carbocycles. The van der Waals surface area contributed by atoms with Gasteiger partial charge in [-0.1, -0.05) is 91.9 Å². The highest BCUT2D eigenvalue weighted by Crippen LogP contribution is 2.34. The number of benzene rings is 4. The Morgan fingerprint density at radius 3 is 2.35 bits per heavy atom. The Morgan fingerprint density at radius 1 is 0.930 bits per heavy atom. The highest BCUT2D eigenvalue weighted by Gasteiger charge is 2.40. The maximum Gasteiger partial charge on any atom is 0.448 e. The SMILES string of the molecule is CCc1ccc2ccccc2c1CN(Cc1ccc(-c2cccc(C(C)(C)C(=O)O)c2)cc1)CC1CC=C(C(F)(F)F)O1. The number of fused-ring (bicyclic) bond motifs is 1. The summed E-state index contributed by atoms with van der Waals surface area (Å²) < 4.78 is 45.3. The van der Waals surface area contributed by atoms with Gasteiger partial charge in [-0.15, -0.1) is 0 Å². The first kappa shape index (κ1) is 30.4. The Labute approximate surface area is 250 Å². The van der Waals surface area contributed by atoms with E-state index in [-0.39, 0.29) is 6.42 Å². The quantitative estimate of drug-likeness (QED) is 0.202. The Kier molecular flexibility index (Phi) is 8.65. The topological polar surface area (TPSA) is 49.8 Å². The zero-order valence-corrected chi connectivity index (χ0v) is 24.6. The fourth-order valence-electron chi connectivity index (χ4n) is 5.68. The van der Waals surface area contributed by atoms with Crippen molar-refractivity contribution >= 4 is 16.7 Å².